The van der Waals surface area contributed by atoms with Gasteiger partial charge in [-0.2, -0.15) is 0 Å². The molecule has 0 aliphatic rings. The third-order valence-corrected chi connectivity index (χ3v) is 2.74. The predicted octanol–water partition coefficient (Wildman–Crippen LogP) is 2.42. The number of nitrogens with one attached hydrogen (secondary N) is 1. The fourth-order valence-electron chi connectivity index (χ4n) is 1.73. The Balaban J connectivity index is 1.70. The van der Waals surface area contributed by atoms with Gasteiger partial charge >= 0.3 is 0 Å². The molecule has 0 atom stereocenters. The number of rotatable bonds is 6. The van der Waals surface area contributed by atoms with Gasteiger partial charge in [-0.1, -0.05) is 18.2 Å². The van der Waals surface area contributed by atoms with E-state index in [0.29, 0.717) is 0 Å². The number of anilines is 2. The molecule has 0 aliphatic heterocycles. The van der Waals surface area contributed by atoms with E-state index in [-0.39, 0.29) is 0 Å². The molecule has 94 valence electrons. The highest BCUT2D eigenvalue weighted by molar-refractivity contribution is 5.44. The van der Waals surface area contributed by atoms with E-state index in [4.69, 9.17) is 0 Å². The highest BCUT2D eigenvalue weighted by atomic mass is 15.1. The highest BCUT2D eigenvalue weighted by Crippen LogP contribution is 2.10. The van der Waals surface area contributed by atoms with Crippen LogP contribution in [0, 0.1) is 0 Å². The van der Waals surface area contributed by atoms with Crippen LogP contribution in [0.1, 0.15) is 6.42 Å². The normalized spacial score (nSPS) is 10.1. The van der Waals surface area contributed by atoms with Crippen molar-refractivity contribution in [2.45, 2.75) is 6.42 Å². The molecule has 1 aromatic heterocycles. The average Bonchev–Trinajstić information content (AvgIpc) is 2.45. The van der Waals surface area contributed by atoms with Gasteiger partial charge in [-0.05, 0) is 18.6 Å². The third-order valence-electron chi connectivity index (χ3n) is 2.74. The van der Waals surface area contributed by atoms with E-state index in [1.165, 1.54) is 5.69 Å². The Morgan fingerprint density at radius 3 is 2.72 bits per heavy atom. The fourth-order valence-corrected chi connectivity index (χ4v) is 1.73. The summed E-state index contributed by atoms with van der Waals surface area (Å²) in [5, 5.41) is 3.25. The second kappa shape index (κ2) is 6.59. The molecule has 1 aromatic carbocycles. The lowest BCUT2D eigenvalue weighted by Gasteiger charge is -2.19. The van der Waals surface area contributed by atoms with E-state index in [2.05, 4.69) is 51.5 Å². The quantitative estimate of drug-likeness (QED) is 0.790. The van der Waals surface area contributed by atoms with Gasteiger partial charge in [0.2, 0.25) is 0 Å². The lowest BCUT2D eigenvalue weighted by Crippen LogP contribution is -2.20. The third kappa shape index (κ3) is 3.73. The summed E-state index contributed by atoms with van der Waals surface area (Å²) < 4.78 is 0. The minimum absolute atomic E-state index is 0.833. The maximum Gasteiger partial charge on any atom is 0.144 e. The van der Waals surface area contributed by atoms with Crippen LogP contribution in [0.15, 0.2) is 48.9 Å². The number of benzene rings is 1. The Hall–Kier alpha value is -2.10. The fraction of sp³-hybridized carbons (Fsp3) is 0.286. The molecule has 0 amide bonds. The van der Waals surface area contributed by atoms with E-state index in [1.54, 1.807) is 18.6 Å². The zero-order chi connectivity index (χ0) is 12.6. The molecule has 1 heterocycles. The van der Waals surface area contributed by atoms with Crippen LogP contribution in [-0.4, -0.2) is 30.1 Å². The molecular formula is C14H18N4. The Bertz CT molecular complexity index is 444. The van der Waals surface area contributed by atoms with Gasteiger partial charge in [-0.15, -0.1) is 0 Å². The first-order chi connectivity index (χ1) is 8.86. The van der Waals surface area contributed by atoms with Gasteiger partial charge in [0, 0.05) is 38.2 Å². The van der Waals surface area contributed by atoms with Gasteiger partial charge in [0.05, 0.1) is 6.20 Å². The van der Waals surface area contributed by atoms with Crippen molar-refractivity contribution in [2.24, 2.45) is 0 Å². The van der Waals surface area contributed by atoms with Crippen molar-refractivity contribution in [3.8, 4) is 0 Å². The Morgan fingerprint density at radius 1 is 1.17 bits per heavy atom. The largest absolute Gasteiger partial charge is 0.375 e. The SMILES string of the molecule is CN(CCCNc1cnccn1)c1ccccc1. The summed E-state index contributed by atoms with van der Waals surface area (Å²) in [5.41, 5.74) is 1.25. The summed E-state index contributed by atoms with van der Waals surface area (Å²) in [5.74, 6) is 0.833. The van der Waals surface area contributed by atoms with Crippen molar-refractivity contribution >= 4 is 11.5 Å². The van der Waals surface area contributed by atoms with Crippen molar-refractivity contribution in [3.05, 3.63) is 48.9 Å². The standard InChI is InChI=1S/C14H18N4/c1-18(13-6-3-2-4-7-13)11-5-8-16-14-12-15-9-10-17-14/h2-4,6-7,9-10,12H,5,8,11H2,1H3,(H,16,17). The molecule has 0 saturated heterocycles. The van der Waals surface area contributed by atoms with Gasteiger partial charge in [0.25, 0.3) is 0 Å². The molecule has 2 rings (SSSR count). The number of para-hydroxylation sites is 1. The van der Waals surface area contributed by atoms with Crippen molar-refractivity contribution in [1.29, 1.82) is 0 Å². The lowest BCUT2D eigenvalue weighted by atomic mass is 10.3. The topological polar surface area (TPSA) is 41.0 Å². The zero-order valence-electron chi connectivity index (χ0n) is 10.6. The van der Waals surface area contributed by atoms with Crippen molar-refractivity contribution in [3.63, 3.8) is 0 Å². The van der Waals surface area contributed by atoms with Crippen molar-refractivity contribution < 1.29 is 0 Å². The summed E-state index contributed by atoms with van der Waals surface area (Å²) in [6.07, 6.45) is 6.16. The monoisotopic (exact) mass is 242 g/mol. The molecule has 0 radical (unpaired) electrons. The van der Waals surface area contributed by atoms with Crippen LogP contribution in [0.4, 0.5) is 11.5 Å². The maximum atomic E-state index is 4.17. The second-order valence-electron chi connectivity index (χ2n) is 4.13. The maximum absolute atomic E-state index is 4.17. The van der Waals surface area contributed by atoms with Gasteiger partial charge in [-0.25, -0.2) is 4.98 Å². The molecule has 0 bridgehead atoms. The molecule has 0 fully saturated rings. The van der Waals surface area contributed by atoms with E-state index >= 15 is 0 Å². The Morgan fingerprint density at radius 2 is 2.00 bits per heavy atom. The summed E-state index contributed by atoms with van der Waals surface area (Å²) >= 11 is 0. The van der Waals surface area contributed by atoms with Crippen LogP contribution < -0.4 is 10.2 Å². The Labute approximate surface area is 108 Å². The van der Waals surface area contributed by atoms with Gasteiger partial charge in [0.1, 0.15) is 5.82 Å². The number of nitrogens with zero attached hydrogens (tertiary/aromatic N) is 3. The number of hydrogen-bond donors (Lipinski definition) is 1. The molecule has 4 nitrogen and oxygen atoms in total. The van der Waals surface area contributed by atoms with E-state index in [9.17, 15) is 0 Å². The summed E-state index contributed by atoms with van der Waals surface area (Å²) in [6, 6.07) is 10.4. The number of aromatic nitrogens is 2. The molecule has 1 N–H and O–H groups in total. The minimum atomic E-state index is 0.833. The molecule has 0 unspecified atom stereocenters. The molecule has 0 saturated carbocycles. The molecule has 18 heavy (non-hydrogen) atoms. The predicted molar refractivity (Wildman–Crippen MR) is 74.9 cm³/mol. The molecule has 0 aliphatic carbocycles. The molecular weight excluding hydrogens is 224 g/mol. The van der Waals surface area contributed by atoms with Crippen LogP contribution in [0.2, 0.25) is 0 Å². The summed E-state index contributed by atoms with van der Waals surface area (Å²) in [7, 11) is 2.11. The van der Waals surface area contributed by atoms with Crippen molar-refractivity contribution in [1.82, 2.24) is 9.97 Å². The van der Waals surface area contributed by atoms with E-state index < -0.39 is 0 Å². The zero-order valence-corrected chi connectivity index (χ0v) is 10.6. The van der Waals surface area contributed by atoms with Crippen LogP contribution in [-0.2, 0) is 0 Å². The van der Waals surface area contributed by atoms with Crippen LogP contribution in [0.3, 0.4) is 0 Å². The average molecular weight is 242 g/mol. The van der Waals surface area contributed by atoms with Gasteiger partial charge < -0.3 is 10.2 Å². The number of hydrogen-bond acceptors (Lipinski definition) is 4. The van der Waals surface area contributed by atoms with Crippen molar-refractivity contribution in [2.75, 3.05) is 30.4 Å². The van der Waals surface area contributed by atoms with E-state index in [0.717, 1.165) is 25.3 Å². The Kier molecular flexibility index (Phi) is 4.53. The first kappa shape index (κ1) is 12.4. The summed E-state index contributed by atoms with van der Waals surface area (Å²) in [4.78, 5) is 10.4. The van der Waals surface area contributed by atoms with Crippen LogP contribution in [0.5, 0.6) is 0 Å². The lowest BCUT2D eigenvalue weighted by molar-refractivity contribution is 0.813. The highest BCUT2D eigenvalue weighted by Gasteiger charge is 1.99. The minimum Gasteiger partial charge on any atom is -0.375 e. The van der Waals surface area contributed by atoms with E-state index in [1.807, 2.05) is 6.07 Å². The van der Waals surface area contributed by atoms with Crippen LogP contribution in [0.25, 0.3) is 0 Å². The smallest absolute Gasteiger partial charge is 0.144 e. The molecule has 4 heteroatoms. The first-order valence-electron chi connectivity index (χ1n) is 6.12. The first-order valence-corrected chi connectivity index (χ1v) is 6.12. The second-order valence-corrected chi connectivity index (χ2v) is 4.13. The molecule has 2 aromatic rings. The van der Waals surface area contributed by atoms with Crippen LogP contribution >= 0.6 is 0 Å². The molecule has 0 spiro atoms. The van der Waals surface area contributed by atoms with Gasteiger partial charge in [-0.3, -0.25) is 4.98 Å². The van der Waals surface area contributed by atoms with Gasteiger partial charge in [0.15, 0.2) is 0 Å². The summed E-state index contributed by atoms with van der Waals surface area (Å²) in [6.45, 7) is 1.91.